The molecule has 1 aromatic heterocycles. The van der Waals surface area contributed by atoms with Gasteiger partial charge in [0.25, 0.3) is 0 Å². The minimum Gasteiger partial charge on any atom is -0.228 e. The summed E-state index contributed by atoms with van der Waals surface area (Å²) in [5.41, 5.74) is 9.48. The third kappa shape index (κ3) is 4.92. The van der Waals surface area contributed by atoms with Gasteiger partial charge in [-0.3, -0.25) is 0 Å². The van der Waals surface area contributed by atoms with E-state index in [2.05, 4.69) is 170 Å². The van der Waals surface area contributed by atoms with Crippen molar-refractivity contribution < 1.29 is 0 Å². The predicted octanol–water partition coefficient (Wildman–Crippen LogP) is 12.3. The van der Waals surface area contributed by atoms with Crippen molar-refractivity contribution in [3.05, 3.63) is 182 Å². The van der Waals surface area contributed by atoms with E-state index in [4.69, 9.17) is 9.97 Å². The Morgan fingerprint density at radius 2 is 0.729 bits per heavy atom. The normalized spacial score (nSPS) is 11.3. The molecule has 0 atom stereocenters. The maximum Gasteiger partial charge on any atom is 0.161 e. The van der Waals surface area contributed by atoms with E-state index in [9.17, 15) is 0 Å². The van der Waals surface area contributed by atoms with Gasteiger partial charge < -0.3 is 0 Å². The molecule has 0 amide bonds. The zero-order valence-electron chi connectivity index (χ0n) is 26.2. The van der Waals surface area contributed by atoms with Crippen molar-refractivity contribution in [3.63, 3.8) is 0 Å². The Balaban J connectivity index is 1.24. The van der Waals surface area contributed by atoms with Gasteiger partial charge in [-0.25, -0.2) is 9.97 Å². The molecule has 0 saturated heterocycles. The second kappa shape index (κ2) is 11.8. The van der Waals surface area contributed by atoms with E-state index in [1.807, 2.05) is 12.1 Å². The van der Waals surface area contributed by atoms with Crippen molar-refractivity contribution in [2.75, 3.05) is 0 Å². The fourth-order valence-electron chi connectivity index (χ4n) is 6.97. The molecule has 9 rings (SSSR count). The Kier molecular flexibility index (Phi) is 6.84. The fraction of sp³-hybridized carbons (Fsp3) is 0. The number of fused-ring (bicyclic) bond motifs is 6. The number of hydrogen-bond acceptors (Lipinski definition) is 2. The van der Waals surface area contributed by atoms with Crippen LogP contribution in [0.25, 0.3) is 88.5 Å². The van der Waals surface area contributed by atoms with Gasteiger partial charge in [-0.1, -0.05) is 164 Å². The highest BCUT2D eigenvalue weighted by atomic mass is 14.9. The average molecular weight is 611 g/mol. The second-order valence-electron chi connectivity index (χ2n) is 12.2. The van der Waals surface area contributed by atoms with Crippen molar-refractivity contribution in [1.29, 1.82) is 0 Å². The van der Waals surface area contributed by atoms with Crippen LogP contribution in [0.2, 0.25) is 0 Å². The lowest BCUT2D eigenvalue weighted by atomic mass is 9.91. The van der Waals surface area contributed by atoms with E-state index in [0.717, 1.165) is 44.8 Å². The van der Waals surface area contributed by atoms with Crippen LogP contribution in [-0.4, -0.2) is 9.97 Å². The Labute approximate surface area is 279 Å². The summed E-state index contributed by atoms with van der Waals surface area (Å²) < 4.78 is 0. The first-order chi connectivity index (χ1) is 23.8. The lowest BCUT2D eigenvalue weighted by molar-refractivity contribution is 1.18. The van der Waals surface area contributed by atoms with Gasteiger partial charge in [0, 0.05) is 16.7 Å². The largest absolute Gasteiger partial charge is 0.228 e. The number of benzene rings is 8. The quantitative estimate of drug-likeness (QED) is 0.181. The molecule has 0 aliphatic rings. The molecule has 9 aromatic rings. The molecule has 2 nitrogen and oxygen atoms in total. The van der Waals surface area contributed by atoms with Gasteiger partial charge >= 0.3 is 0 Å². The van der Waals surface area contributed by atoms with E-state index in [-0.39, 0.29) is 0 Å². The van der Waals surface area contributed by atoms with E-state index in [0.29, 0.717) is 5.82 Å². The van der Waals surface area contributed by atoms with Crippen molar-refractivity contribution >= 4 is 32.3 Å². The summed E-state index contributed by atoms with van der Waals surface area (Å²) in [5, 5.41) is 7.58. The molecule has 0 saturated carbocycles. The van der Waals surface area contributed by atoms with E-state index in [1.54, 1.807) is 0 Å². The molecule has 0 bridgehead atoms. The molecule has 0 unspecified atom stereocenters. The summed E-state index contributed by atoms with van der Waals surface area (Å²) in [6, 6.07) is 64.4. The number of aromatic nitrogens is 2. The summed E-state index contributed by atoms with van der Waals surface area (Å²) in [7, 11) is 0. The van der Waals surface area contributed by atoms with Crippen LogP contribution in [0.5, 0.6) is 0 Å². The summed E-state index contributed by atoms with van der Waals surface area (Å²) in [6.07, 6.45) is 0. The molecule has 1 heterocycles. The van der Waals surface area contributed by atoms with Crippen LogP contribution in [0.1, 0.15) is 0 Å². The minimum absolute atomic E-state index is 0.704. The molecule has 0 aliphatic heterocycles. The molecule has 0 spiro atoms. The Hall–Kier alpha value is -6.38. The first-order valence-corrected chi connectivity index (χ1v) is 16.3. The molecule has 48 heavy (non-hydrogen) atoms. The minimum atomic E-state index is 0.704. The smallest absolute Gasteiger partial charge is 0.161 e. The molecule has 8 aromatic carbocycles. The third-order valence-corrected chi connectivity index (χ3v) is 9.28. The Morgan fingerprint density at radius 3 is 1.40 bits per heavy atom. The summed E-state index contributed by atoms with van der Waals surface area (Å²) in [6.45, 7) is 0. The van der Waals surface area contributed by atoms with Gasteiger partial charge in [-0.05, 0) is 72.8 Å². The first-order valence-electron chi connectivity index (χ1n) is 16.3. The van der Waals surface area contributed by atoms with Crippen LogP contribution in [-0.2, 0) is 0 Å². The molecule has 0 radical (unpaired) electrons. The average Bonchev–Trinajstić information content (AvgIpc) is 3.18. The summed E-state index contributed by atoms with van der Waals surface area (Å²) in [4.78, 5) is 10.5. The first kappa shape index (κ1) is 27.9. The topological polar surface area (TPSA) is 25.8 Å². The van der Waals surface area contributed by atoms with E-state index in [1.165, 1.54) is 37.9 Å². The number of hydrogen-bond donors (Lipinski definition) is 0. The van der Waals surface area contributed by atoms with Crippen molar-refractivity contribution in [2.45, 2.75) is 0 Å². The van der Waals surface area contributed by atoms with Gasteiger partial charge in [-0.15, -0.1) is 0 Å². The van der Waals surface area contributed by atoms with Crippen molar-refractivity contribution in [1.82, 2.24) is 9.97 Å². The third-order valence-electron chi connectivity index (χ3n) is 9.28. The molecule has 0 aliphatic carbocycles. The Morgan fingerprint density at radius 1 is 0.250 bits per heavy atom. The highest BCUT2D eigenvalue weighted by molar-refractivity contribution is 6.25. The fourth-order valence-corrected chi connectivity index (χ4v) is 6.97. The van der Waals surface area contributed by atoms with Crippen molar-refractivity contribution in [2.24, 2.45) is 0 Å². The lowest BCUT2D eigenvalue weighted by Crippen LogP contribution is -1.97. The summed E-state index contributed by atoms with van der Waals surface area (Å²) >= 11 is 0. The molecule has 2 heteroatoms. The zero-order chi connectivity index (χ0) is 31.9. The molecular weight excluding hydrogens is 581 g/mol. The zero-order valence-corrected chi connectivity index (χ0v) is 26.2. The van der Waals surface area contributed by atoms with E-state index >= 15 is 0 Å². The molecule has 224 valence electrons. The van der Waals surface area contributed by atoms with Crippen LogP contribution in [0.3, 0.4) is 0 Å². The Bertz CT molecular complexity index is 2570. The second-order valence-corrected chi connectivity index (χ2v) is 12.2. The highest BCUT2D eigenvalue weighted by Gasteiger charge is 2.16. The number of rotatable bonds is 5. The van der Waals surface area contributed by atoms with Gasteiger partial charge in [0.15, 0.2) is 5.82 Å². The van der Waals surface area contributed by atoms with Crippen molar-refractivity contribution in [3.8, 4) is 56.2 Å². The van der Waals surface area contributed by atoms with Crippen LogP contribution >= 0.6 is 0 Å². The van der Waals surface area contributed by atoms with E-state index < -0.39 is 0 Å². The van der Waals surface area contributed by atoms with Gasteiger partial charge in [0.1, 0.15) is 0 Å². The molecule has 0 N–H and O–H groups in total. The summed E-state index contributed by atoms with van der Waals surface area (Å²) in [5.74, 6) is 0.704. The van der Waals surface area contributed by atoms with Crippen LogP contribution in [0.4, 0.5) is 0 Å². The highest BCUT2D eigenvalue weighted by Crippen LogP contribution is 2.39. The lowest BCUT2D eigenvalue weighted by Gasteiger charge is -2.15. The number of nitrogens with zero attached hydrogens (tertiary/aromatic N) is 2. The van der Waals surface area contributed by atoms with Gasteiger partial charge in [0.2, 0.25) is 0 Å². The van der Waals surface area contributed by atoms with Gasteiger partial charge in [-0.2, -0.15) is 0 Å². The van der Waals surface area contributed by atoms with Crippen LogP contribution in [0.15, 0.2) is 182 Å². The standard InChI is InChI=1S/C46H30N2/c1-3-14-31(15-4-1)33-18-13-19-35(28-33)45-30-44(32-16-5-2-6-17-32)47-46(48-45)42-25-12-7-20-36(42)34-26-27-41-39-23-9-8-21-37(39)38-22-10-11-24-40(38)43(41)29-34/h1-30H. The monoisotopic (exact) mass is 610 g/mol. The maximum atomic E-state index is 5.26. The maximum absolute atomic E-state index is 5.26. The van der Waals surface area contributed by atoms with Crippen LogP contribution < -0.4 is 0 Å². The van der Waals surface area contributed by atoms with Crippen LogP contribution in [0, 0.1) is 0 Å². The predicted molar refractivity (Wildman–Crippen MR) is 202 cm³/mol. The molecular formula is C46H30N2. The molecule has 0 fully saturated rings. The van der Waals surface area contributed by atoms with Gasteiger partial charge in [0.05, 0.1) is 11.4 Å². The SMILES string of the molecule is c1ccc(-c2cccc(-c3cc(-c4ccccc4)nc(-c4ccccc4-c4ccc5c6ccccc6c6ccccc6c5c4)n3)c2)cc1.